The van der Waals surface area contributed by atoms with Crippen LogP contribution in [0.15, 0.2) is 48.5 Å². The normalized spacial score (nSPS) is 10.2. The highest BCUT2D eigenvalue weighted by atomic mass is 16.5. The zero-order valence-corrected chi connectivity index (χ0v) is 14.0. The van der Waals surface area contributed by atoms with E-state index in [1.54, 1.807) is 7.11 Å². The molecule has 2 aromatic carbocycles. The number of ether oxygens (including phenoxy) is 1. The first-order chi connectivity index (χ1) is 11.2. The van der Waals surface area contributed by atoms with Gasteiger partial charge in [-0.05, 0) is 44.2 Å². The first-order valence-corrected chi connectivity index (χ1v) is 7.94. The molecule has 0 saturated heterocycles. The van der Waals surface area contributed by atoms with Crippen LogP contribution in [0.5, 0.6) is 5.75 Å². The minimum atomic E-state index is -0.0508. The summed E-state index contributed by atoms with van der Waals surface area (Å²) in [5, 5.41) is 2.93. The molecule has 0 aromatic heterocycles. The van der Waals surface area contributed by atoms with E-state index in [9.17, 15) is 4.79 Å². The summed E-state index contributed by atoms with van der Waals surface area (Å²) in [5.41, 5.74) is 2.85. The fourth-order valence-electron chi connectivity index (χ4n) is 2.57. The van der Waals surface area contributed by atoms with Crippen LogP contribution in [-0.2, 0) is 11.2 Å². The van der Waals surface area contributed by atoms with Crippen molar-refractivity contribution < 1.29 is 9.53 Å². The number of nitrogens with one attached hydrogen (secondary N) is 1. The second kappa shape index (κ2) is 8.22. The molecule has 1 amide bonds. The van der Waals surface area contributed by atoms with Crippen LogP contribution in [-0.4, -0.2) is 26.1 Å². The van der Waals surface area contributed by atoms with E-state index in [0.29, 0.717) is 6.42 Å². The van der Waals surface area contributed by atoms with E-state index in [0.717, 1.165) is 35.8 Å². The lowest BCUT2D eigenvalue weighted by Gasteiger charge is -2.21. The van der Waals surface area contributed by atoms with Gasteiger partial charge in [-0.2, -0.15) is 0 Å². The minimum Gasteiger partial charge on any atom is -0.496 e. The van der Waals surface area contributed by atoms with E-state index in [2.05, 4.69) is 24.1 Å². The lowest BCUT2D eigenvalue weighted by atomic mass is 10.1. The maximum atomic E-state index is 12.2. The lowest BCUT2D eigenvalue weighted by Crippen LogP contribution is -2.21. The molecule has 0 unspecified atom stereocenters. The van der Waals surface area contributed by atoms with Crippen LogP contribution < -0.4 is 15.0 Å². The van der Waals surface area contributed by atoms with Crippen LogP contribution in [0.1, 0.15) is 19.4 Å². The number of methoxy groups -OCH3 is 1. The Labute approximate surface area is 138 Å². The summed E-state index contributed by atoms with van der Waals surface area (Å²) in [5.74, 6) is 0.685. The zero-order chi connectivity index (χ0) is 16.7. The average Bonchev–Trinajstić information content (AvgIpc) is 2.58. The smallest absolute Gasteiger partial charge is 0.228 e. The van der Waals surface area contributed by atoms with Crippen LogP contribution in [0.3, 0.4) is 0 Å². The number of anilines is 2. The van der Waals surface area contributed by atoms with Gasteiger partial charge in [0.25, 0.3) is 0 Å². The molecule has 0 bridgehead atoms. The van der Waals surface area contributed by atoms with Crippen molar-refractivity contribution in [3.63, 3.8) is 0 Å². The van der Waals surface area contributed by atoms with E-state index in [1.807, 2.05) is 48.5 Å². The lowest BCUT2D eigenvalue weighted by molar-refractivity contribution is -0.115. The number of hydrogen-bond acceptors (Lipinski definition) is 3. The van der Waals surface area contributed by atoms with Crippen molar-refractivity contribution in [3.8, 4) is 5.75 Å². The van der Waals surface area contributed by atoms with Gasteiger partial charge in [-0.3, -0.25) is 4.79 Å². The highest BCUT2D eigenvalue weighted by Gasteiger charge is 2.09. The molecule has 1 N–H and O–H groups in total. The molecule has 0 aliphatic carbocycles. The average molecular weight is 312 g/mol. The van der Waals surface area contributed by atoms with Gasteiger partial charge >= 0.3 is 0 Å². The van der Waals surface area contributed by atoms with Gasteiger partial charge in [-0.15, -0.1) is 0 Å². The van der Waals surface area contributed by atoms with E-state index >= 15 is 0 Å². The first-order valence-electron chi connectivity index (χ1n) is 7.94. The molecular formula is C19H24N2O2. The van der Waals surface area contributed by atoms with Gasteiger partial charge in [-0.1, -0.05) is 18.2 Å². The van der Waals surface area contributed by atoms with E-state index in [-0.39, 0.29) is 5.91 Å². The third-order valence-corrected chi connectivity index (χ3v) is 3.82. The Morgan fingerprint density at radius 2 is 1.70 bits per heavy atom. The molecule has 0 aliphatic heterocycles. The monoisotopic (exact) mass is 312 g/mol. The number of benzene rings is 2. The van der Waals surface area contributed by atoms with Crippen molar-refractivity contribution >= 4 is 17.3 Å². The van der Waals surface area contributed by atoms with Crippen molar-refractivity contribution in [2.24, 2.45) is 0 Å². The number of rotatable bonds is 7. The Morgan fingerprint density at radius 3 is 2.30 bits per heavy atom. The second-order valence-corrected chi connectivity index (χ2v) is 5.26. The number of amides is 1. The van der Waals surface area contributed by atoms with E-state index < -0.39 is 0 Å². The molecule has 0 saturated carbocycles. The summed E-state index contributed by atoms with van der Waals surface area (Å²) in [4.78, 5) is 14.5. The maximum Gasteiger partial charge on any atom is 0.228 e. The molecule has 4 heteroatoms. The predicted molar refractivity (Wildman–Crippen MR) is 95.3 cm³/mol. The van der Waals surface area contributed by atoms with Crippen molar-refractivity contribution in [2.75, 3.05) is 30.4 Å². The molecule has 2 rings (SSSR count). The third kappa shape index (κ3) is 4.49. The third-order valence-electron chi connectivity index (χ3n) is 3.82. The van der Waals surface area contributed by atoms with Crippen LogP contribution in [0.2, 0.25) is 0 Å². The minimum absolute atomic E-state index is 0.0508. The fraction of sp³-hybridized carbons (Fsp3) is 0.316. The molecule has 23 heavy (non-hydrogen) atoms. The summed E-state index contributed by atoms with van der Waals surface area (Å²) in [7, 11) is 1.61. The summed E-state index contributed by atoms with van der Waals surface area (Å²) < 4.78 is 5.28. The Hall–Kier alpha value is -2.49. The molecule has 4 nitrogen and oxygen atoms in total. The van der Waals surface area contributed by atoms with E-state index in [1.165, 1.54) is 0 Å². The molecule has 0 radical (unpaired) electrons. The topological polar surface area (TPSA) is 41.6 Å². The fourth-order valence-corrected chi connectivity index (χ4v) is 2.57. The van der Waals surface area contributed by atoms with Gasteiger partial charge in [0.15, 0.2) is 0 Å². The number of carbonyl (C=O) groups is 1. The Bertz CT molecular complexity index is 634. The summed E-state index contributed by atoms with van der Waals surface area (Å²) in [6.45, 7) is 6.20. The Kier molecular flexibility index (Phi) is 6.03. The molecule has 0 atom stereocenters. The maximum absolute atomic E-state index is 12.2. The van der Waals surface area contributed by atoms with Crippen LogP contribution in [0.25, 0.3) is 0 Å². The van der Waals surface area contributed by atoms with Crippen molar-refractivity contribution in [2.45, 2.75) is 20.3 Å². The van der Waals surface area contributed by atoms with Gasteiger partial charge in [0.1, 0.15) is 5.75 Å². The summed E-state index contributed by atoms with van der Waals surface area (Å²) in [6, 6.07) is 15.5. The van der Waals surface area contributed by atoms with Crippen LogP contribution >= 0.6 is 0 Å². The molecule has 0 spiro atoms. The highest BCUT2D eigenvalue weighted by Crippen LogP contribution is 2.20. The SMILES string of the molecule is CCN(CC)c1ccc(NC(=O)Cc2ccccc2OC)cc1. The molecule has 2 aromatic rings. The zero-order valence-electron chi connectivity index (χ0n) is 14.0. The quantitative estimate of drug-likeness (QED) is 0.847. The van der Waals surface area contributed by atoms with Gasteiger partial charge in [0.2, 0.25) is 5.91 Å². The number of hydrogen-bond donors (Lipinski definition) is 1. The Morgan fingerprint density at radius 1 is 1.04 bits per heavy atom. The van der Waals surface area contributed by atoms with Gasteiger partial charge < -0.3 is 15.0 Å². The molecule has 122 valence electrons. The van der Waals surface area contributed by atoms with Gasteiger partial charge in [0.05, 0.1) is 13.5 Å². The molecule has 0 aliphatic rings. The van der Waals surface area contributed by atoms with Crippen LogP contribution in [0.4, 0.5) is 11.4 Å². The first kappa shape index (κ1) is 16.9. The van der Waals surface area contributed by atoms with Crippen LogP contribution in [0, 0.1) is 0 Å². The second-order valence-electron chi connectivity index (χ2n) is 5.26. The summed E-state index contributed by atoms with van der Waals surface area (Å²) >= 11 is 0. The van der Waals surface area contributed by atoms with Crippen molar-refractivity contribution in [1.29, 1.82) is 0 Å². The van der Waals surface area contributed by atoms with Crippen molar-refractivity contribution in [1.82, 2.24) is 0 Å². The van der Waals surface area contributed by atoms with Gasteiger partial charge in [0, 0.05) is 30.0 Å². The Balaban J connectivity index is 2.00. The number of para-hydroxylation sites is 1. The van der Waals surface area contributed by atoms with E-state index in [4.69, 9.17) is 4.74 Å². The van der Waals surface area contributed by atoms with Crippen molar-refractivity contribution in [3.05, 3.63) is 54.1 Å². The standard InChI is InChI=1S/C19H24N2O2/c1-4-21(5-2)17-12-10-16(11-13-17)20-19(22)14-15-8-6-7-9-18(15)23-3/h6-13H,4-5,14H2,1-3H3,(H,20,22). The highest BCUT2D eigenvalue weighted by molar-refractivity contribution is 5.92. The largest absolute Gasteiger partial charge is 0.496 e. The number of carbonyl (C=O) groups excluding carboxylic acids is 1. The molecule has 0 heterocycles. The predicted octanol–water partition coefficient (Wildman–Crippen LogP) is 3.72. The summed E-state index contributed by atoms with van der Waals surface area (Å²) in [6.07, 6.45) is 0.293. The molecule has 0 fully saturated rings. The number of nitrogens with zero attached hydrogens (tertiary/aromatic N) is 1. The van der Waals surface area contributed by atoms with Gasteiger partial charge in [-0.25, -0.2) is 0 Å². The molecular weight excluding hydrogens is 288 g/mol.